The van der Waals surface area contributed by atoms with Gasteiger partial charge in [-0.25, -0.2) is 4.39 Å². The third-order valence-electron chi connectivity index (χ3n) is 3.50. The molecular weight excluding hydrogens is 321 g/mol. The lowest BCUT2D eigenvalue weighted by atomic mass is 10.1. The van der Waals surface area contributed by atoms with Crippen molar-refractivity contribution in [2.75, 3.05) is 0 Å². The molecule has 1 saturated carbocycles. The van der Waals surface area contributed by atoms with E-state index in [4.69, 9.17) is 10.5 Å². The van der Waals surface area contributed by atoms with Crippen molar-refractivity contribution in [2.24, 2.45) is 5.73 Å². The van der Waals surface area contributed by atoms with E-state index >= 15 is 0 Å². The molecule has 1 aliphatic carbocycles. The molecule has 0 aromatic heterocycles. The summed E-state index contributed by atoms with van der Waals surface area (Å²) in [5.41, 5.74) is 7.51. The van der Waals surface area contributed by atoms with Crippen molar-refractivity contribution in [1.29, 1.82) is 0 Å². The highest BCUT2D eigenvalue weighted by Gasteiger charge is 2.39. The van der Waals surface area contributed by atoms with E-state index in [1.54, 1.807) is 0 Å². The summed E-state index contributed by atoms with van der Waals surface area (Å²) < 4.78 is 20.6. The fourth-order valence-electron chi connectivity index (χ4n) is 2.32. The maximum atomic E-state index is 14.1. The van der Waals surface area contributed by atoms with E-state index in [0.29, 0.717) is 22.4 Å². The molecule has 2 atom stereocenters. The van der Waals surface area contributed by atoms with Gasteiger partial charge in [0.2, 0.25) is 0 Å². The highest BCUT2D eigenvalue weighted by molar-refractivity contribution is 9.10. The molecule has 1 fully saturated rings. The molecule has 1 aliphatic rings. The second kappa shape index (κ2) is 5.54. The van der Waals surface area contributed by atoms with E-state index in [1.807, 2.05) is 36.4 Å². The molecule has 0 heterocycles. The summed E-state index contributed by atoms with van der Waals surface area (Å²) in [6, 6.07) is 13.2. The van der Waals surface area contributed by atoms with Gasteiger partial charge in [0.1, 0.15) is 18.2 Å². The van der Waals surface area contributed by atoms with Crippen molar-refractivity contribution in [3.8, 4) is 5.75 Å². The molecule has 104 valence electrons. The van der Waals surface area contributed by atoms with Crippen molar-refractivity contribution in [2.45, 2.75) is 25.0 Å². The highest BCUT2D eigenvalue weighted by Crippen LogP contribution is 2.45. The zero-order valence-electron chi connectivity index (χ0n) is 10.9. The Labute approximate surface area is 125 Å². The summed E-state index contributed by atoms with van der Waals surface area (Å²) in [4.78, 5) is 0. The smallest absolute Gasteiger partial charge is 0.131 e. The van der Waals surface area contributed by atoms with E-state index in [2.05, 4.69) is 15.9 Å². The minimum Gasteiger partial charge on any atom is -0.488 e. The molecule has 2 N–H and O–H groups in total. The first-order chi connectivity index (χ1) is 9.65. The summed E-state index contributed by atoms with van der Waals surface area (Å²) >= 11 is 3.31. The van der Waals surface area contributed by atoms with Crippen molar-refractivity contribution in [1.82, 2.24) is 0 Å². The van der Waals surface area contributed by atoms with Crippen LogP contribution >= 0.6 is 15.9 Å². The van der Waals surface area contributed by atoms with Crippen LogP contribution in [0.15, 0.2) is 46.9 Å². The van der Waals surface area contributed by atoms with Gasteiger partial charge >= 0.3 is 0 Å². The van der Waals surface area contributed by atoms with Crippen molar-refractivity contribution >= 4 is 15.9 Å². The van der Waals surface area contributed by atoms with Crippen LogP contribution < -0.4 is 10.5 Å². The molecule has 2 aromatic carbocycles. The second-order valence-electron chi connectivity index (χ2n) is 5.08. The average Bonchev–Trinajstić information content (AvgIpc) is 3.13. The van der Waals surface area contributed by atoms with Crippen LogP contribution in [0.25, 0.3) is 0 Å². The number of benzene rings is 2. The van der Waals surface area contributed by atoms with E-state index in [-0.39, 0.29) is 17.8 Å². The lowest BCUT2D eigenvalue weighted by Crippen LogP contribution is -2.05. The van der Waals surface area contributed by atoms with Crippen LogP contribution in [-0.4, -0.2) is 6.04 Å². The van der Waals surface area contributed by atoms with Crippen LogP contribution in [0.3, 0.4) is 0 Å². The predicted octanol–water partition coefficient (Wildman–Crippen LogP) is 3.98. The number of hydrogen-bond donors (Lipinski definition) is 1. The van der Waals surface area contributed by atoms with Gasteiger partial charge in [0, 0.05) is 22.0 Å². The van der Waals surface area contributed by atoms with Gasteiger partial charge in [0.15, 0.2) is 0 Å². The molecular formula is C16H15BrFNO. The molecule has 3 rings (SSSR count). The van der Waals surface area contributed by atoms with Crippen LogP contribution in [0.2, 0.25) is 0 Å². The SMILES string of the molecule is N[C@@H]1C[C@@H]1c1c(F)cc(Br)cc1OCc1ccccc1. The summed E-state index contributed by atoms with van der Waals surface area (Å²) in [6.07, 6.45) is 0.820. The Kier molecular flexibility index (Phi) is 3.76. The molecule has 0 spiro atoms. The van der Waals surface area contributed by atoms with Gasteiger partial charge in [-0.3, -0.25) is 0 Å². The molecule has 0 unspecified atom stereocenters. The van der Waals surface area contributed by atoms with Crippen molar-refractivity contribution < 1.29 is 9.13 Å². The van der Waals surface area contributed by atoms with Gasteiger partial charge in [-0.15, -0.1) is 0 Å². The Morgan fingerprint density at radius 1 is 1.25 bits per heavy atom. The summed E-state index contributed by atoms with van der Waals surface area (Å²) in [7, 11) is 0. The zero-order valence-corrected chi connectivity index (χ0v) is 12.4. The first-order valence-corrected chi connectivity index (χ1v) is 7.35. The molecule has 2 aromatic rings. The van der Waals surface area contributed by atoms with Gasteiger partial charge in [-0.2, -0.15) is 0 Å². The van der Waals surface area contributed by atoms with E-state index in [0.717, 1.165) is 12.0 Å². The number of rotatable bonds is 4. The topological polar surface area (TPSA) is 35.2 Å². The van der Waals surface area contributed by atoms with Crippen LogP contribution in [0.1, 0.15) is 23.5 Å². The van der Waals surface area contributed by atoms with E-state index in [9.17, 15) is 4.39 Å². The van der Waals surface area contributed by atoms with Gasteiger partial charge < -0.3 is 10.5 Å². The fourth-order valence-corrected chi connectivity index (χ4v) is 2.73. The highest BCUT2D eigenvalue weighted by atomic mass is 79.9. The predicted molar refractivity (Wildman–Crippen MR) is 80.2 cm³/mol. The molecule has 0 saturated heterocycles. The largest absolute Gasteiger partial charge is 0.488 e. The first kappa shape index (κ1) is 13.6. The Hall–Kier alpha value is -1.39. The minimum atomic E-state index is -0.250. The lowest BCUT2D eigenvalue weighted by Gasteiger charge is -2.13. The van der Waals surface area contributed by atoms with Gasteiger partial charge in [0.25, 0.3) is 0 Å². The number of hydrogen-bond acceptors (Lipinski definition) is 2. The summed E-state index contributed by atoms with van der Waals surface area (Å²) in [6.45, 7) is 0.422. The molecule has 0 aliphatic heterocycles. The molecule has 2 nitrogen and oxygen atoms in total. The number of nitrogens with two attached hydrogens (primary N) is 1. The Bertz CT molecular complexity index is 617. The van der Waals surface area contributed by atoms with Crippen LogP contribution in [0, 0.1) is 5.82 Å². The van der Waals surface area contributed by atoms with E-state index < -0.39 is 0 Å². The standard InChI is InChI=1S/C16H15BrFNO/c17-11-6-13(18)16(12-8-14(12)19)15(7-11)20-9-10-4-2-1-3-5-10/h1-7,12,14H,8-9,19H2/t12-,14+/m0/s1. The summed E-state index contributed by atoms with van der Waals surface area (Å²) in [5.74, 6) is 0.410. The quantitative estimate of drug-likeness (QED) is 0.917. The van der Waals surface area contributed by atoms with E-state index in [1.165, 1.54) is 6.07 Å². The Morgan fingerprint density at radius 2 is 1.95 bits per heavy atom. The van der Waals surface area contributed by atoms with Gasteiger partial charge in [0.05, 0.1) is 0 Å². The van der Waals surface area contributed by atoms with Crippen molar-refractivity contribution in [3.63, 3.8) is 0 Å². The third kappa shape index (κ3) is 2.86. The molecule has 4 heteroatoms. The average molecular weight is 336 g/mol. The minimum absolute atomic E-state index is 0.0461. The number of halogens is 2. The fraction of sp³-hybridized carbons (Fsp3) is 0.250. The van der Waals surface area contributed by atoms with Gasteiger partial charge in [-0.1, -0.05) is 46.3 Å². The maximum absolute atomic E-state index is 14.1. The van der Waals surface area contributed by atoms with Crippen LogP contribution in [0.4, 0.5) is 4.39 Å². The molecule has 0 radical (unpaired) electrons. The first-order valence-electron chi connectivity index (χ1n) is 6.56. The maximum Gasteiger partial charge on any atom is 0.131 e. The molecule has 0 bridgehead atoms. The molecule has 20 heavy (non-hydrogen) atoms. The Morgan fingerprint density at radius 3 is 2.60 bits per heavy atom. The Balaban J connectivity index is 1.84. The van der Waals surface area contributed by atoms with Crippen molar-refractivity contribution in [3.05, 3.63) is 63.9 Å². The molecule has 0 amide bonds. The number of ether oxygens (including phenoxy) is 1. The summed E-state index contributed by atoms with van der Waals surface area (Å²) in [5, 5.41) is 0. The van der Waals surface area contributed by atoms with Crippen LogP contribution in [-0.2, 0) is 6.61 Å². The van der Waals surface area contributed by atoms with Crippen LogP contribution in [0.5, 0.6) is 5.75 Å². The second-order valence-corrected chi connectivity index (χ2v) is 6.00. The third-order valence-corrected chi connectivity index (χ3v) is 3.96. The monoisotopic (exact) mass is 335 g/mol. The zero-order chi connectivity index (χ0) is 14.1. The normalized spacial score (nSPS) is 20.8. The lowest BCUT2D eigenvalue weighted by molar-refractivity contribution is 0.300. The van der Waals surface area contributed by atoms with Gasteiger partial charge in [-0.05, 0) is 24.1 Å².